The fourth-order valence-corrected chi connectivity index (χ4v) is 3.37. The average Bonchev–Trinajstić information content (AvgIpc) is 3.01. The third-order valence-corrected chi connectivity index (χ3v) is 5.42. The second-order valence-corrected chi connectivity index (χ2v) is 8.29. The number of benzene rings is 2. The van der Waals surface area contributed by atoms with Crippen LogP contribution < -0.4 is 18.9 Å². The van der Waals surface area contributed by atoms with Crippen molar-refractivity contribution in [1.82, 2.24) is 0 Å². The van der Waals surface area contributed by atoms with Gasteiger partial charge >= 0.3 is 0 Å². The van der Waals surface area contributed by atoms with E-state index in [-0.39, 0.29) is 24.3 Å². The Morgan fingerprint density at radius 1 is 0.488 bits per heavy atom. The van der Waals surface area contributed by atoms with Crippen LogP contribution >= 0.6 is 0 Å². The van der Waals surface area contributed by atoms with Crippen LogP contribution in [-0.2, 0) is 23.7 Å². The quantitative estimate of drug-likeness (QED) is 0.111. The zero-order valence-electron chi connectivity index (χ0n) is 23.9. The lowest BCUT2D eigenvalue weighted by Gasteiger charge is -2.11. The molecule has 0 radical (unpaired) electrons. The van der Waals surface area contributed by atoms with E-state index < -0.39 is 11.6 Å². The van der Waals surface area contributed by atoms with Crippen molar-refractivity contribution in [3.8, 4) is 23.0 Å². The van der Waals surface area contributed by atoms with E-state index in [9.17, 15) is 9.59 Å². The molecule has 228 valence electrons. The van der Waals surface area contributed by atoms with E-state index in [2.05, 4.69) is 0 Å². The normalized spacial score (nSPS) is 10.8. The molecule has 0 heterocycles. The summed E-state index contributed by atoms with van der Waals surface area (Å²) in [6.45, 7) is 4.29. The second-order valence-electron chi connectivity index (χ2n) is 8.29. The van der Waals surface area contributed by atoms with Crippen molar-refractivity contribution in [2.45, 2.75) is 0 Å². The van der Waals surface area contributed by atoms with Crippen molar-refractivity contribution in [1.29, 1.82) is 0 Å². The number of aliphatic hydroxyl groups is 1. The number of carbonyl (C=O) groups excluding carboxylic acids is 2. The van der Waals surface area contributed by atoms with E-state index in [1.807, 2.05) is 0 Å². The third kappa shape index (κ3) is 13.3. The van der Waals surface area contributed by atoms with Crippen LogP contribution in [0.3, 0.4) is 0 Å². The lowest BCUT2D eigenvalue weighted by Crippen LogP contribution is -2.16. The molecule has 0 aliphatic rings. The maximum Gasteiger partial charge on any atom is 0.233 e. The Labute approximate surface area is 240 Å². The second kappa shape index (κ2) is 20.6. The minimum Gasteiger partial charge on any atom is -0.497 e. The molecule has 0 fully saturated rings. The number of hydrogen-bond donors (Lipinski definition) is 1. The first-order chi connectivity index (χ1) is 20.0. The minimum atomic E-state index is -0.724. The summed E-state index contributed by atoms with van der Waals surface area (Å²) in [7, 11) is 4.38. The molecule has 12 heteroatoms. The standard InChI is InChI=1S/C29H40O12/c1-33-24-16-22(17-25(20-24)34-2)28(31)29(32)23-18-26(35-3)21-27(19-23)41-15-14-40-13-12-39-11-10-38-9-8-37-7-6-36-5-4-30/h16-21,30H,4-15H2,1-3H3. The van der Waals surface area contributed by atoms with Gasteiger partial charge in [-0.05, 0) is 24.3 Å². The number of hydrogen-bond acceptors (Lipinski definition) is 12. The predicted molar refractivity (Wildman–Crippen MR) is 148 cm³/mol. The molecule has 0 unspecified atom stereocenters. The minimum absolute atomic E-state index is 0.00332. The van der Waals surface area contributed by atoms with Crippen molar-refractivity contribution in [3.05, 3.63) is 47.5 Å². The van der Waals surface area contributed by atoms with E-state index in [0.717, 1.165) is 0 Å². The Morgan fingerprint density at radius 2 is 0.805 bits per heavy atom. The molecule has 0 aliphatic heterocycles. The fourth-order valence-electron chi connectivity index (χ4n) is 3.37. The lowest BCUT2D eigenvalue weighted by atomic mass is 10.0. The number of carbonyl (C=O) groups is 2. The van der Waals surface area contributed by atoms with Gasteiger partial charge in [-0.2, -0.15) is 0 Å². The van der Waals surface area contributed by atoms with Gasteiger partial charge in [-0.15, -0.1) is 0 Å². The molecule has 2 rings (SSSR count). The lowest BCUT2D eigenvalue weighted by molar-refractivity contribution is -0.0146. The molecule has 0 aromatic heterocycles. The first kappa shape index (κ1) is 33.9. The third-order valence-electron chi connectivity index (χ3n) is 5.42. The Bertz CT molecular complexity index is 1020. The number of rotatable bonds is 24. The van der Waals surface area contributed by atoms with Gasteiger partial charge in [-0.25, -0.2) is 0 Å². The number of aliphatic hydroxyl groups excluding tert-OH is 1. The molecule has 0 spiro atoms. The zero-order valence-corrected chi connectivity index (χ0v) is 23.9. The van der Waals surface area contributed by atoms with Crippen LogP contribution in [0.5, 0.6) is 23.0 Å². The summed E-state index contributed by atoms with van der Waals surface area (Å²) >= 11 is 0. The van der Waals surface area contributed by atoms with Crippen LogP contribution in [-0.4, -0.2) is 117 Å². The van der Waals surface area contributed by atoms with Gasteiger partial charge in [0.05, 0.1) is 94.0 Å². The van der Waals surface area contributed by atoms with Crippen molar-refractivity contribution >= 4 is 11.6 Å². The Kier molecular flexibility index (Phi) is 17.0. The molecule has 0 atom stereocenters. The highest BCUT2D eigenvalue weighted by molar-refractivity contribution is 6.49. The predicted octanol–water partition coefficient (Wildman–Crippen LogP) is 2.23. The molecule has 12 nitrogen and oxygen atoms in total. The van der Waals surface area contributed by atoms with Crippen molar-refractivity contribution in [2.75, 3.05) is 101 Å². The van der Waals surface area contributed by atoms with Crippen molar-refractivity contribution in [3.63, 3.8) is 0 Å². The van der Waals surface area contributed by atoms with E-state index in [4.69, 9.17) is 47.7 Å². The molecule has 0 aliphatic carbocycles. The van der Waals surface area contributed by atoms with Gasteiger partial charge in [-0.1, -0.05) is 0 Å². The smallest absolute Gasteiger partial charge is 0.233 e. The van der Waals surface area contributed by atoms with Gasteiger partial charge in [0.25, 0.3) is 0 Å². The first-order valence-corrected chi connectivity index (χ1v) is 13.2. The summed E-state index contributed by atoms with van der Waals surface area (Å²) in [6, 6.07) is 9.15. The van der Waals surface area contributed by atoms with Crippen LogP contribution in [0.1, 0.15) is 20.7 Å². The summed E-state index contributed by atoms with van der Waals surface area (Å²) in [6.07, 6.45) is 0. The van der Waals surface area contributed by atoms with E-state index in [0.29, 0.717) is 89.1 Å². The molecule has 2 aromatic carbocycles. The molecule has 0 amide bonds. The van der Waals surface area contributed by atoms with Gasteiger partial charge in [0, 0.05) is 23.3 Å². The van der Waals surface area contributed by atoms with Gasteiger partial charge < -0.3 is 47.7 Å². The number of methoxy groups -OCH3 is 3. The summed E-state index contributed by atoms with van der Waals surface area (Å²) in [5.74, 6) is 0.0855. The highest BCUT2D eigenvalue weighted by Gasteiger charge is 2.21. The SMILES string of the molecule is COc1cc(OC)cc(C(=O)C(=O)c2cc(OC)cc(OCCOCCOCCOCCOCCOCCO)c2)c1. The average molecular weight is 581 g/mol. The summed E-state index contributed by atoms with van der Waals surface area (Å²) < 4.78 is 48.2. The Hall–Kier alpha value is -3.26. The van der Waals surface area contributed by atoms with Gasteiger partial charge in [0.1, 0.15) is 29.6 Å². The summed E-state index contributed by atoms with van der Waals surface area (Å²) in [5, 5.41) is 8.59. The maximum absolute atomic E-state index is 13.0. The Balaban J connectivity index is 1.67. The van der Waals surface area contributed by atoms with E-state index in [1.165, 1.54) is 45.6 Å². The van der Waals surface area contributed by atoms with Crippen molar-refractivity contribution < 1.29 is 57.3 Å². The van der Waals surface area contributed by atoms with Crippen LogP contribution in [0.25, 0.3) is 0 Å². The fraction of sp³-hybridized carbons (Fsp3) is 0.517. The zero-order chi connectivity index (χ0) is 29.7. The highest BCUT2D eigenvalue weighted by atomic mass is 16.6. The molecule has 1 N–H and O–H groups in total. The topological polar surface area (TPSA) is 137 Å². The Morgan fingerprint density at radius 3 is 1.17 bits per heavy atom. The molecular formula is C29H40O12. The number of Topliss-reactive ketones (excluding diaryl/α,β-unsaturated/α-hetero) is 2. The maximum atomic E-state index is 13.0. The molecule has 0 bridgehead atoms. The van der Waals surface area contributed by atoms with Crippen LogP contribution in [0, 0.1) is 0 Å². The highest BCUT2D eigenvalue weighted by Crippen LogP contribution is 2.26. The van der Waals surface area contributed by atoms with E-state index in [1.54, 1.807) is 12.1 Å². The number of ketones is 2. The summed E-state index contributed by atoms with van der Waals surface area (Å²) in [4.78, 5) is 25.9. The molecule has 41 heavy (non-hydrogen) atoms. The summed E-state index contributed by atoms with van der Waals surface area (Å²) in [5.41, 5.74) is 0.269. The first-order valence-electron chi connectivity index (χ1n) is 13.2. The molecular weight excluding hydrogens is 540 g/mol. The van der Waals surface area contributed by atoms with E-state index >= 15 is 0 Å². The van der Waals surface area contributed by atoms with Crippen LogP contribution in [0.4, 0.5) is 0 Å². The molecule has 0 saturated heterocycles. The largest absolute Gasteiger partial charge is 0.497 e. The van der Waals surface area contributed by atoms with Crippen molar-refractivity contribution in [2.24, 2.45) is 0 Å². The van der Waals surface area contributed by atoms with Crippen LogP contribution in [0.15, 0.2) is 36.4 Å². The van der Waals surface area contributed by atoms with Crippen LogP contribution in [0.2, 0.25) is 0 Å². The molecule has 2 aromatic rings. The number of ether oxygens (including phenoxy) is 9. The monoisotopic (exact) mass is 580 g/mol. The van der Waals surface area contributed by atoms with Gasteiger partial charge in [0.2, 0.25) is 11.6 Å². The van der Waals surface area contributed by atoms with Gasteiger partial charge in [-0.3, -0.25) is 9.59 Å². The van der Waals surface area contributed by atoms with Gasteiger partial charge in [0.15, 0.2) is 0 Å². The molecule has 0 saturated carbocycles.